The van der Waals surface area contributed by atoms with Gasteiger partial charge < -0.3 is 4.74 Å². The Labute approximate surface area is 199 Å². The van der Waals surface area contributed by atoms with Crippen LogP contribution in [-0.2, 0) is 19.4 Å². The Hall–Kier alpha value is -2.61. The molecule has 0 N–H and O–H groups in total. The van der Waals surface area contributed by atoms with Crippen LogP contribution >= 0.6 is 22.9 Å². The van der Waals surface area contributed by atoms with Crippen LogP contribution < -0.4 is 4.74 Å². The second-order valence-corrected chi connectivity index (χ2v) is 10.8. The van der Waals surface area contributed by atoms with Gasteiger partial charge in [0.25, 0.3) is 0 Å². The smallest absolute Gasteiger partial charge is 0.134 e. The lowest BCUT2D eigenvalue weighted by Gasteiger charge is -2.33. The van der Waals surface area contributed by atoms with Gasteiger partial charge in [-0.2, -0.15) is 5.26 Å². The van der Waals surface area contributed by atoms with Gasteiger partial charge in [0, 0.05) is 21.7 Å². The minimum atomic E-state index is 0.280. The van der Waals surface area contributed by atoms with Gasteiger partial charge >= 0.3 is 0 Å². The van der Waals surface area contributed by atoms with Crippen molar-refractivity contribution in [1.82, 2.24) is 0 Å². The normalized spacial score (nSPS) is 16.0. The van der Waals surface area contributed by atoms with E-state index in [1.165, 1.54) is 10.4 Å². The van der Waals surface area contributed by atoms with Crippen molar-refractivity contribution < 1.29 is 4.74 Å². The third-order valence-electron chi connectivity index (χ3n) is 6.12. The van der Waals surface area contributed by atoms with Crippen molar-refractivity contribution in [2.24, 2.45) is 16.3 Å². The first-order chi connectivity index (χ1) is 15.3. The van der Waals surface area contributed by atoms with Crippen molar-refractivity contribution in [2.45, 2.75) is 46.6 Å². The molecular formula is C27H27ClN2OS. The number of hydrogen-bond donors (Lipinski definition) is 0. The van der Waals surface area contributed by atoms with E-state index in [-0.39, 0.29) is 5.41 Å². The first-order valence-corrected chi connectivity index (χ1v) is 12.1. The van der Waals surface area contributed by atoms with E-state index in [1.807, 2.05) is 54.7 Å². The molecule has 164 valence electrons. The molecule has 1 aliphatic rings. The molecule has 1 heterocycles. The summed E-state index contributed by atoms with van der Waals surface area (Å²) in [6.07, 6.45) is 4.97. The molecule has 5 heteroatoms. The van der Waals surface area contributed by atoms with Crippen LogP contribution in [0.5, 0.6) is 5.75 Å². The number of thiophene rings is 1. The summed E-state index contributed by atoms with van der Waals surface area (Å²) < 4.78 is 5.92. The van der Waals surface area contributed by atoms with Crippen LogP contribution in [0.3, 0.4) is 0 Å². The molecule has 1 aliphatic carbocycles. The van der Waals surface area contributed by atoms with E-state index in [1.54, 1.807) is 11.3 Å². The van der Waals surface area contributed by atoms with Gasteiger partial charge in [-0.05, 0) is 59.9 Å². The van der Waals surface area contributed by atoms with Crippen LogP contribution in [-0.4, -0.2) is 6.21 Å². The predicted molar refractivity (Wildman–Crippen MR) is 133 cm³/mol. The van der Waals surface area contributed by atoms with E-state index < -0.39 is 0 Å². The topological polar surface area (TPSA) is 45.4 Å². The number of halogens is 1. The van der Waals surface area contributed by atoms with E-state index >= 15 is 0 Å². The molecule has 32 heavy (non-hydrogen) atoms. The van der Waals surface area contributed by atoms with Crippen LogP contribution in [0.2, 0.25) is 5.02 Å². The number of fused-ring (bicyclic) bond motifs is 1. The van der Waals surface area contributed by atoms with Gasteiger partial charge in [0.2, 0.25) is 0 Å². The number of aliphatic imine (C=N–C) groups is 1. The maximum Gasteiger partial charge on any atom is 0.134 e. The van der Waals surface area contributed by atoms with Gasteiger partial charge in [-0.3, -0.25) is 0 Å². The number of benzene rings is 2. The largest absolute Gasteiger partial charge is 0.489 e. The SMILES string of the molecule is CC(C)(C)[C@H]1CCc2c(sc(N=Cc3cccc(OCc4ccccc4Cl)c3)c2C#N)C1. The second kappa shape index (κ2) is 9.48. The molecule has 0 amide bonds. The number of hydrogen-bond acceptors (Lipinski definition) is 4. The minimum absolute atomic E-state index is 0.280. The fourth-order valence-electron chi connectivity index (χ4n) is 4.11. The zero-order valence-corrected chi connectivity index (χ0v) is 20.3. The zero-order valence-electron chi connectivity index (χ0n) is 18.7. The number of ether oxygens (including phenoxy) is 1. The summed E-state index contributed by atoms with van der Waals surface area (Å²) in [5.41, 5.74) is 4.12. The summed E-state index contributed by atoms with van der Waals surface area (Å²) in [6, 6.07) is 17.9. The van der Waals surface area contributed by atoms with Crippen molar-refractivity contribution in [2.75, 3.05) is 0 Å². The monoisotopic (exact) mass is 462 g/mol. The van der Waals surface area contributed by atoms with Crippen molar-refractivity contribution in [3.05, 3.63) is 80.7 Å². The van der Waals surface area contributed by atoms with E-state index in [0.29, 0.717) is 17.5 Å². The van der Waals surface area contributed by atoms with Crippen molar-refractivity contribution in [1.29, 1.82) is 5.26 Å². The van der Waals surface area contributed by atoms with E-state index in [2.05, 4.69) is 26.8 Å². The highest BCUT2D eigenvalue weighted by atomic mass is 35.5. The van der Waals surface area contributed by atoms with Crippen LogP contribution in [0.1, 0.15) is 54.3 Å². The highest BCUT2D eigenvalue weighted by molar-refractivity contribution is 7.16. The first kappa shape index (κ1) is 22.6. The Morgan fingerprint density at radius 2 is 2.03 bits per heavy atom. The Balaban J connectivity index is 1.50. The van der Waals surface area contributed by atoms with Gasteiger partial charge in [-0.15, -0.1) is 11.3 Å². The van der Waals surface area contributed by atoms with Gasteiger partial charge in [0.1, 0.15) is 23.4 Å². The molecule has 4 rings (SSSR count). The molecule has 0 aliphatic heterocycles. The highest BCUT2D eigenvalue weighted by Crippen LogP contribution is 2.44. The van der Waals surface area contributed by atoms with Crippen LogP contribution in [0, 0.1) is 22.7 Å². The van der Waals surface area contributed by atoms with E-state index in [4.69, 9.17) is 21.3 Å². The first-order valence-electron chi connectivity index (χ1n) is 10.9. The minimum Gasteiger partial charge on any atom is -0.489 e. The average molecular weight is 463 g/mol. The molecule has 3 nitrogen and oxygen atoms in total. The molecule has 1 atom stereocenters. The molecule has 2 aromatic carbocycles. The van der Waals surface area contributed by atoms with E-state index in [9.17, 15) is 5.26 Å². The lowest BCUT2D eigenvalue weighted by atomic mass is 9.72. The molecule has 1 aromatic heterocycles. The van der Waals surface area contributed by atoms with Gasteiger partial charge in [0.15, 0.2) is 0 Å². The van der Waals surface area contributed by atoms with Crippen LogP contribution in [0.25, 0.3) is 0 Å². The second-order valence-electron chi connectivity index (χ2n) is 9.31. The molecule has 0 spiro atoms. The summed E-state index contributed by atoms with van der Waals surface area (Å²) in [5, 5.41) is 11.3. The summed E-state index contributed by atoms with van der Waals surface area (Å²) in [4.78, 5) is 6.04. The molecule has 3 aromatic rings. The third-order valence-corrected chi connectivity index (χ3v) is 7.66. The predicted octanol–water partition coefficient (Wildman–Crippen LogP) is 7.75. The van der Waals surface area contributed by atoms with Crippen LogP contribution in [0.15, 0.2) is 53.5 Å². The lowest BCUT2D eigenvalue weighted by molar-refractivity contribution is 0.218. The Kier molecular flexibility index (Phi) is 6.69. The molecular weight excluding hydrogens is 436 g/mol. The van der Waals surface area contributed by atoms with Crippen molar-refractivity contribution in [3.8, 4) is 11.8 Å². The fraction of sp³-hybridized carbons (Fsp3) is 0.333. The van der Waals surface area contributed by atoms with E-state index in [0.717, 1.165) is 46.7 Å². The van der Waals surface area contributed by atoms with Gasteiger partial charge in [-0.25, -0.2) is 4.99 Å². The average Bonchev–Trinajstić information content (AvgIpc) is 3.13. The number of nitriles is 1. The molecule has 0 bridgehead atoms. The van der Waals surface area contributed by atoms with Crippen LogP contribution in [0.4, 0.5) is 5.00 Å². The molecule has 0 unspecified atom stereocenters. The Bertz CT molecular complexity index is 1180. The maximum absolute atomic E-state index is 9.78. The van der Waals surface area contributed by atoms with Crippen molar-refractivity contribution in [3.63, 3.8) is 0 Å². The third kappa shape index (κ3) is 5.06. The molecule has 0 saturated carbocycles. The number of rotatable bonds is 5. The quantitative estimate of drug-likeness (QED) is 0.364. The maximum atomic E-state index is 9.78. The summed E-state index contributed by atoms with van der Waals surface area (Å²) in [6.45, 7) is 7.33. The standard InChI is InChI=1S/C27H27ClN2OS/c1-27(2,3)20-11-12-22-23(15-29)26(32-25(22)14-20)30-16-18-7-6-9-21(13-18)31-17-19-8-4-5-10-24(19)28/h4-10,13,16,20H,11-12,14,17H2,1-3H3/t20-/m0/s1. The summed E-state index contributed by atoms with van der Waals surface area (Å²) in [7, 11) is 0. The summed E-state index contributed by atoms with van der Waals surface area (Å²) in [5.74, 6) is 1.40. The fourth-order valence-corrected chi connectivity index (χ4v) is 5.52. The zero-order chi connectivity index (χ0) is 22.7. The number of nitrogens with zero attached hydrogens (tertiary/aromatic N) is 2. The lowest BCUT2D eigenvalue weighted by Crippen LogP contribution is -2.26. The summed E-state index contributed by atoms with van der Waals surface area (Å²) >= 11 is 7.89. The molecule has 0 saturated heterocycles. The Morgan fingerprint density at radius 3 is 2.78 bits per heavy atom. The Morgan fingerprint density at radius 1 is 1.22 bits per heavy atom. The highest BCUT2D eigenvalue weighted by Gasteiger charge is 2.32. The van der Waals surface area contributed by atoms with Gasteiger partial charge in [0.05, 0.1) is 5.56 Å². The van der Waals surface area contributed by atoms with Crippen molar-refractivity contribution >= 4 is 34.2 Å². The van der Waals surface area contributed by atoms with Gasteiger partial charge in [-0.1, -0.05) is 62.7 Å². The molecule has 0 radical (unpaired) electrons. The molecule has 0 fully saturated rings.